The highest BCUT2D eigenvalue weighted by molar-refractivity contribution is 6.31. The van der Waals surface area contributed by atoms with E-state index in [0.717, 1.165) is 11.1 Å². The van der Waals surface area contributed by atoms with E-state index in [0.29, 0.717) is 38.0 Å². The van der Waals surface area contributed by atoms with Gasteiger partial charge < -0.3 is 10.2 Å². The number of amides is 2. The number of carbonyl (C=O) groups excluding carboxylic acids is 2. The molecule has 2 aliphatic rings. The molecule has 0 saturated heterocycles. The zero-order valence-corrected chi connectivity index (χ0v) is 21.7. The topological polar surface area (TPSA) is 93.0 Å². The van der Waals surface area contributed by atoms with Crippen molar-refractivity contribution in [3.05, 3.63) is 98.4 Å². The molecule has 11 heteroatoms. The molecule has 8 nitrogen and oxygen atoms in total. The van der Waals surface area contributed by atoms with Crippen molar-refractivity contribution in [2.24, 2.45) is 0 Å². The number of fused-ring (bicyclic) bond motifs is 4. The molecule has 2 amide bonds. The third-order valence-electron chi connectivity index (χ3n) is 6.95. The molecule has 0 radical (unpaired) electrons. The average Bonchev–Trinajstić information content (AvgIpc) is 3.39. The van der Waals surface area contributed by atoms with Crippen molar-refractivity contribution < 1.29 is 9.59 Å². The van der Waals surface area contributed by atoms with Gasteiger partial charge in [-0.3, -0.25) is 9.59 Å². The molecule has 2 aromatic heterocycles. The lowest BCUT2D eigenvalue weighted by atomic mass is 9.73. The van der Waals surface area contributed by atoms with Crippen LogP contribution in [0.1, 0.15) is 41.8 Å². The van der Waals surface area contributed by atoms with E-state index < -0.39 is 5.41 Å². The second-order valence-electron chi connectivity index (χ2n) is 9.13. The Labute approximate surface area is 227 Å². The third kappa shape index (κ3) is 3.79. The van der Waals surface area contributed by atoms with Gasteiger partial charge in [-0.1, -0.05) is 58.2 Å². The molecule has 2 aliphatic heterocycles. The number of aromatic nitrogens is 4. The second kappa shape index (κ2) is 8.83. The van der Waals surface area contributed by atoms with Gasteiger partial charge in [-0.05, 0) is 60.0 Å². The Balaban J connectivity index is 1.49. The molecule has 1 unspecified atom stereocenters. The van der Waals surface area contributed by atoms with Crippen LogP contribution in [0.3, 0.4) is 0 Å². The first kappa shape index (κ1) is 23.9. The van der Waals surface area contributed by atoms with Gasteiger partial charge in [-0.15, -0.1) is 5.10 Å². The van der Waals surface area contributed by atoms with Crippen LogP contribution in [0.15, 0.2) is 60.8 Å². The van der Waals surface area contributed by atoms with Crippen LogP contribution in [-0.4, -0.2) is 31.8 Å². The number of nitrogens with zero attached hydrogens (tertiary/aromatic N) is 5. The summed E-state index contributed by atoms with van der Waals surface area (Å²) in [4.78, 5) is 33.2. The maximum Gasteiger partial charge on any atom is 0.244 e. The predicted molar refractivity (Wildman–Crippen MR) is 141 cm³/mol. The van der Waals surface area contributed by atoms with Gasteiger partial charge >= 0.3 is 0 Å². The van der Waals surface area contributed by atoms with E-state index in [9.17, 15) is 9.59 Å². The lowest BCUT2D eigenvalue weighted by molar-refractivity contribution is -0.126. The van der Waals surface area contributed by atoms with Crippen LogP contribution in [0.25, 0.3) is 0 Å². The molecule has 4 heterocycles. The smallest absolute Gasteiger partial charge is 0.244 e. The normalized spacial score (nSPS) is 19.1. The van der Waals surface area contributed by atoms with Crippen molar-refractivity contribution in [1.29, 1.82) is 0 Å². The van der Waals surface area contributed by atoms with Gasteiger partial charge in [0.05, 0.1) is 19.0 Å². The summed E-state index contributed by atoms with van der Waals surface area (Å²) < 4.78 is 1.63. The van der Waals surface area contributed by atoms with Crippen molar-refractivity contribution in [1.82, 2.24) is 20.0 Å². The zero-order valence-electron chi connectivity index (χ0n) is 19.5. The number of hydrogen-bond acceptors (Lipinski definition) is 5. The van der Waals surface area contributed by atoms with Crippen molar-refractivity contribution in [2.45, 2.75) is 31.3 Å². The number of carbonyl (C=O) groups is 2. The van der Waals surface area contributed by atoms with Crippen molar-refractivity contribution in [3.63, 3.8) is 0 Å². The summed E-state index contributed by atoms with van der Waals surface area (Å²) in [6, 6.07) is 15.8. The molecule has 0 bridgehead atoms. The zero-order chi connectivity index (χ0) is 25.9. The Morgan fingerprint density at radius 2 is 1.78 bits per heavy atom. The largest absolute Gasteiger partial charge is 0.309 e. The molecule has 6 rings (SSSR count). The molecule has 1 N–H and O–H groups in total. The molecule has 1 spiro atoms. The first-order valence-corrected chi connectivity index (χ1v) is 12.6. The molecule has 186 valence electrons. The molecule has 2 atom stereocenters. The van der Waals surface area contributed by atoms with Crippen LogP contribution in [-0.2, 0) is 21.5 Å². The second-order valence-corrected chi connectivity index (χ2v) is 10.4. The number of rotatable bonds is 4. The number of nitrogens with one attached hydrogen (secondary N) is 1. The molecule has 2 aromatic carbocycles. The number of benzene rings is 2. The van der Waals surface area contributed by atoms with Gasteiger partial charge in [0.1, 0.15) is 16.3 Å². The van der Waals surface area contributed by atoms with E-state index in [1.165, 1.54) is 0 Å². The monoisotopic (exact) mass is 552 g/mol. The van der Waals surface area contributed by atoms with Crippen LogP contribution in [0.2, 0.25) is 15.2 Å². The lowest BCUT2D eigenvalue weighted by Gasteiger charge is -2.31. The summed E-state index contributed by atoms with van der Waals surface area (Å²) in [7, 11) is 0. The molecule has 0 fully saturated rings. The van der Waals surface area contributed by atoms with E-state index in [2.05, 4.69) is 20.6 Å². The first-order valence-electron chi connectivity index (χ1n) is 11.5. The minimum absolute atomic E-state index is 0.116. The van der Waals surface area contributed by atoms with E-state index in [1.54, 1.807) is 52.2 Å². The van der Waals surface area contributed by atoms with E-state index >= 15 is 0 Å². The van der Waals surface area contributed by atoms with Gasteiger partial charge in [0.15, 0.2) is 5.82 Å². The fraction of sp³-hybridized carbons (Fsp3) is 0.192. The minimum atomic E-state index is -1.37. The van der Waals surface area contributed by atoms with Gasteiger partial charge in [0, 0.05) is 21.9 Å². The summed E-state index contributed by atoms with van der Waals surface area (Å²) in [6.07, 6.45) is 1.51. The maximum atomic E-state index is 14.3. The molecule has 0 saturated carbocycles. The molecular weight excluding hydrogens is 535 g/mol. The number of pyridine rings is 1. The number of anilines is 2. The average molecular weight is 554 g/mol. The highest BCUT2D eigenvalue weighted by Gasteiger charge is 2.58. The first-order chi connectivity index (χ1) is 17.8. The Hall–Kier alpha value is -3.46. The number of hydrogen-bond donors (Lipinski definition) is 1. The van der Waals surface area contributed by atoms with Gasteiger partial charge in [0.25, 0.3) is 0 Å². The van der Waals surface area contributed by atoms with Crippen LogP contribution >= 0.6 is 34.8 Å². The SMILES string of the molecule is CC(c1ccc(Cl)cc1)n1nnc2c1NC(=O)C[C@]21C(=O)N(Cc2ccc(Cl)nc2)c2ccc(Cl)cc21. The van der Waals surface area contributed by atoms with E-state index in [1.807, 2.05) is 25.1 Å². The van der Waals surface area contributed by atoms with Crippen LogP contribution < -0.4 is 10.2 Å². The molecule has 0 aliphatic carbocycles. The number of halogens is 3. The standard InChI is InChI=1S/C26H19Cl3N6O2/c1-14(16-3-5-17(27)6-4-16)35-24-23(32-33-35)26(11-22(36)31-24)19-10-18(28)7-8-20(19)34(25(26)37)13-15-2-9-21(29)30-12-15/h2-10,12,14H,11,13H2,1H3,(H,31,36)/t14?,26-/m1/s1. The van der Waals surface area contributed by atoms with Gasteiger partial charge in [-0.2, -0.15) is 0 Å². The highest BCUT2D eigenvalue weighted by atomic mass is 35.5. The van der Waals surface area contributed by atoms with Gasteiger partial charge in [0.2, 0.25) is 11.8 Å². The minimum Gasteiger partial charge on any atom is -0.309 e. The van der Waals surface area contributed by atoms with Crippen LogP contribution in [0.4, 0.5) is 11.5 Å². The fourth-order valence-electron chi connectivity index (χ4n) is 5.13. The predicted octanol–water partition coefficient (Wildman–Crippen LogP) is 5.42. The lowest BCUT2D eigenvalue weighted by Crippen LogP contribution is -2.47. The Morgan fingerprint density at radius 1 is 1.03 bits per heavy atom. The van der Waals surface area contributed by atoms with Crippen LogP contribution in [0, 0.1) is 0 Å². The quantitative estimate of drug-likeness (QED) is 0.341. The summed E-state index contributed by atoms with van der Waals surface area (Å²) >= 11 is 18.4. The fourth-order valence-corrected chi connectivity index (χ4v) is 5.54. The summed E-state index contributed by atoms with van der Waals surface area (Å²) in [5, 5.41) is 13.2. The Bertz CT molecular complexity index is 1550. The van der Waals surface area contributed by atoms with Gasteiger partial charge in [-0.25, -0.2) is 9.67 Å². The highest BCUT2D eigenvalue weighted by Crippen LogP contribution is 2.52. The van der Waals surface area contributed by atoms with Crippen molar-refractivity contribution >= 4 is 58.1 Å². The summed E-state index contributed by atoms with van der Waals surface area (Å²) in [5.74, 6) is -0.205. The van der Waals surface area contributed by atoms with Crippen LogP contribution in [0.5, 0.6) is 0 Å². The Morgan fingerprint density at radius 3 is 2.51 bits per heavy atom. The maximum absolute atomic E-state index is 14.3. The molecule has 37 heavy (non-hydrogen) atoms. The third-order valence-corrected chi connectivity index (χ3v) is 7.66. The summed E-state index contributed by atoms with van der Waals surface area (Å²) in [6.45, 7) is 2.18. The van der Waals surface area contributed by atoms with E-state index in [-0.39, 0.29) is 30.8 Å². The van der Waals surface area contributed by atoms with Crippen molar-refractivity contribution in [2.75, 3.05) is 10.2 Å². The molecular formula is C26H19Cl3N6O2. The van der Waals surface area contributed by atoms with E-state index in [4.69, 9.17) is 34.8 Å². The Kier molecular flexibility index (Phi) is 5.71. The summed E-state index contributed by atoms with van der Waals surface area (Å²) in [5.41, 5.74) is 2.01. The molecule has 4 aromatic rings. The van der Waals surface area contributed by atoms with Crippen molar-refractivity contribution in [3.8, 4) is 0 Å².